The van der Waals surface area contributed by atoms with Gasteiger partial charge in [-0.2, -0.15) is 0 Å². The third kappa shape index (κ3) is 57.2. The molecule has 0 N–H and O–H groups in total. The molecule has 0 radical (unpaired) electrons. The smallest absolute Gasteiger partial charge is 0.305 e. The maximum absolute atomic E-state index is 12.7. The highest BCUT2D eigenvalue weighted by Gasteiger charge is 2.16. The summed E-state index contributed by atoms with van der Waals surface area (Å²) < 4.78 is 17.6. The molecule has 404 valence electrons. The standard InChI is InChI=1S/C63H122O5/c1-4-7-10-13-16-19-22-25-28-31-32-34-36-39-42-45-48-51-54-57-63(65)68-60-61(66-58-55-52-49-46-43-40-37-30-27-24-21-18-15-12-9-6-3)59-67-62(64)56-53-50-47-44-41-38-35-33-29-26-23-20-17-14-11-8-5-2/h25,28,61H,4-24,26-27,29-60H2,1-3H3/b28-25-/t61-/m0/s1. The Morgan fingerprint density at radius 3 is 0.779 bits per heavy atom. The van der Waals surface area contributed by atoms with Gasteiger partial charge in [0.25, 0.3) is 0 Å². The van der Waals surface area contributed by atoms with Crippen molar-refractivity contribution in [3.63, 3.8) is 0 Å². The van der Waals surface area contributed by atoms with Crippen LogP contribution in [-0.4, -0.2) is 37.9 Å². The molecule has 0 aliphatic rings. The third-order valence-electron chi connectivity index (χ3n) is 14.3. The van der Waals surface area contributed by atoms with Crippen LogP contribution >= 0.6 is 0 Å². The van der Waals surface area contributed by atoms with E-state index >= 15 is 0 Å². The van der Waals surface area contributed by atoms with Crippen molar-refractivity contribution < 1.29 is 23.8 Å². The van der Waals surface area contributed by atoms with E-state index in [-0.39, 0.29) is 25.2 Å². The Morgan fingerprint density at radius 2 is 0.515 bits per heavy atom. The zero-order valence-corrected chi connectivity index (χ0v) is 46.7. The second-order valence-corrected chi connectivity index (χ2v) is 21.3. The Kier molecular flexibility index (Phi) is 58.7. The first kappa shape index (κ1) is 66.6. The van der Waals surface area contributed by atoms with Crippen LogP contribution in [0.3, 0.4) is 0 Å². The van der Waals surface area contributed by atoms with Gasteiger partial charge in [0.15, 0.2) is 0 Å². The van der Waals surface area contributed by atoms with Crippen LogP contribution < -0.4 is 0 Å². The van der Waals surface area contributed by atoms with Gasteiger partial charge in [0.1, 0.15) is 19.3 Å². The van der Waals surface area contributed by atoms with Crippen molar-refractivity contribution in [2.75, 3.05) is 19.8 Å². The van der Waals surface area contributed by atoms with Crippen molar-refractivity contribution in [3.05, 3.63) is 12.2 Å². The summed E-state index contributed by atoms with van der Waals surface area (Å²) >= 11 is 0. The molecule has 0 rings (SSSR count). The lowest BCUT2D eigenvalue weighted by atomic mass is 10.0. The SMILES string of the molecule is CCCCCCCC/C=C\CCCCCCCCCCCC(=O)OC[C@H](COC(=O)CCCCCCCCCCCCCCCCCCC)OCCCCCCCCCCCCCCCCCC. The van der Waals surface area contributed by atoms with Crippen molar-refractivity contribution in [2.45, 2.75) is 361 Å². The number of carbonyl (C=O) groups is 2. The molecule has 68 heavy (non-hydrogen) atoms. The van der Waals surface area contributed by atoms with Crippen LogP contribution in [0, 0.1) is 0 Å². The summed E-state index contributed by atoms with van der Waals surface area (Å²) in [6, 6.07) is 0. The molecule has 1 atom stereocenters. The van der Waals surface area contributed by atoms with Gasteiger partial charge >= 0.3 is 11.9 Å². The maximum Gasteiger partial charge on any atom is 0.305 e. The number of allylic oxidation sites excluding steroid dienone is 2. The fraction of sp³-hybridized carbons (Fsp3) is 0.937. The summed E-state index contributed by atoms with van der Waals surface area (Å²) in [5.41, 5.74) is 0. The van der Waals surface area contributed by atoms with E-state index in [2.05, 4.69) is 32.9 Å². The summed E-state index contributed by atoms with van der Waals surface area (Å²) in [4.78, 5) is 25.4. The first-order valence-corrected chi connectivity index (χ1v) is 31.2. The summed E-state index contributed by atoms with van der Waals surface area (Å²) in [6.07, 6.45) is 71.2. The molecule has 0 amide bonds. The topological polar surface area (TPSA) is 61.8 Å². The average Bonchev–Trinajstić information content (AvgIpc) is 3.34. The molecule has 0 spiro atoms. The molecule has 0 aliphatic carbocycles. The maximum atomic E-state index is 12.7. The molecule has 0 bridgehead atoms. The lowest BCUT2D eigenvalue weighted by Crippen LogP contribution is -2.29. The largest absolute Gasteiger partial charge is 0.463 e. The van der Waals surface area contributed by atoms with Gasteiger partial charge in [-0.15, -0.1) is 0 Å². The van der Waals surface area contributed by atoms with Gasteiger partial charge < -0.3 is 14.2 Å². The molecule has 0 aliphatic heterocycles. The van der Waals surface area contributed by atoms with Crippen molar-refractivity contribution in [1.82, 2.24) is 0 Å². The highest BCUT2D eigenvalue weighted by Crippen LogP contribution is 2.18. The van der Waals surface area contributed by atoms with Gasteiger partial charge in [0.2, 0.25) is 0 Å². The highest BCUT2D eigenvalue weighted by molar-refractivity contribution is 5.69. The molecule has 5 heteroatoms. The highest BCUT2D eigenvalue weighted by atomic mass is 16.6. The molecule has 5 nitrogen and oxygen atoms in total. The Bertz CT molecular complexity index is 994. The van der Waals surface area contributed by atoms with Crippen LogP contribution in [-0.2, 0) is 23.8 Å². The monoisotopic (exact) mass is 959 g/mol. The van der Waals surface area contributed by atoms with E-state index in [0.29, 0.717) is 19.4 Å². The van der Waals surface area contributed by atoms with Crippen LogP contribution in [0.5, 0.6) is 0 Å². The van der Waals surface area contributed by atoms with Crippen molar-refractivity contribution in [1.29, 1.82) is 0 Å². The molecule has 0 aromatic heterocycles. The van der Waals surface area contributed by atoms with E-state index in [1.807, 2.05) is 0 Å². The van der Waals surface area contributed by atoms with Gasteiger partial charge in [-0.25, -0.2) is 0 Å². The number of ether oxygens (including phenoxy) is 3. The van der Waals surface area contributed by atoms with Crippen LogP contribution in [0.1, 0.15) is 355 Å². The van der Waals surface area contributed by atoms with E-state index in [4.69, 9.17) is 14.2 Å². The quantitative estimate of drug-likeness (QED) is 0.0345. The summed E-state index contributed by atoms with van der Waals surface area (Å²) in [7, 11) is 0. The normalized spacial score (nSPS) is 12.1. The number of hydrogen-bond acceptors (Lipinski definition) is 5. The van der Waals surface area contributed by atoms with Crippen LogP contribution in [0.2, 0.25) is 0 Å². The molecule has 0 unspecified atom stereocenters. The Hall–Kier alpha value is -1.36. The van der Waals surface area contributed by atoms with Gasteiger partial charge in [0.05, 0.1) is 0 Å². The van der Waals surface area contributed by atoms with E-state index in [1.165, 1.54) is 283 Å². The fourth-order valence-corrected chi connectivity index (χ4v) is 9.60. The van der Waals surface area contributed by atoms with Crippen molar-refractivity contribution in [2.24, 2.45) is 0 Å². The molecular weight excluding hydrogens is 837 g/mol. The van der Waals surface area contributed by atoms with E-state index in [0.717, 1.165) is 38.5 Å². The van der Waals surface area contributed by atoms with E-state index in [9.17, 15) is 9.59 Å². The lowest BCUT2D eigenvalue weighted by Gasteiger charge is -2.18. The van der Waals surface area contributed by atoms with Gasteiger partial charge in [-0.05, 0) is 44.9 Å². The second-order valence-electron chi connectivity index (χ2n) is 21.3. The summed E-state index contributed by atoms with van der Waals surface area (Å²) in [5, 5.41) is 0. The molecule has 0 aromatic rings. The summed E-state index contributed by atoms with van der Waals surface area (Å²) in [5.74, 6) is -0.309. The Morgan fingerprint density at radius 1 is 0.294 bits per heavy atom. The molecule has 0 saturated heterocycles. The minimum Gasteiger partial charge on any atom is -0.463 e. The second kappa shape index (κ2) is 59.9. The van der Waals surface area contributed by atoms with E-state index in [1.54, 1.807) is 0 Å². The number of carbonyl (C=O) groups excluding carboxylic acids is 2. The van der Waals surface area contributed by atoms with Crippen LogP contribution in [0.15, 0.2) is 12.2 Å². The lowest BCUT2D eigenvalue weighted by molar-refractivity contribution is -0.155. The first-order valence-electron chi connectivity index (χ1n) is 31.2. The molecule has 0 fully saturated rings. The van der Waals surface area contributed by atoms with E-state index < -0.39 is 6.10 Å². The number of hydrogen-bond donors (Lipinski definition) is 0. The zero-order chi connectivity index (χ0) is 49.2. The van der Waals surface area contributed by atoms with Crippen molar-refractivity contribution in [3.8, 4) is 0 Å². The van der Waals surface area contributed by atoms with Crippen LogP contribution in [0.25, 0.3) is 0 Å². The van der Waals surface area contributed by atoms with Gasteiger partial charge in [0, 0.05) is 19.4 Å². The van der Waals surface area contributed by atoms with Gasteiger partial charge in [-0.3, -0.25) is 9.59 Å². The van der Waals surface area contributed by atoms with Gasteiger partial charge in [-0.1, -0.05) is 309 Å². The zero-order valence-electron chi connectivity index (χ0n) is 46.7. The third-order valence-corrected chi connectivity index (χ3v) is 14.3. The number of unbranched alkanes of at least 4 members (excludes halogenated alkanes) is 46. The predicted octanol–water partition coefficient (Wildman–Crippen LogP) is 21.4. The molecular formula is C63H122O5. The predicted molar refractivity (Wildman–Crippen MR) is 298 cm³/mol. The molecule has 0 aromatic carbocycles. The average molecular weight is 960 g/mol. The molecule has 0 heterocycles. The minimum atomic E-state index is -0.393. The number of esters is 2. The Balaban J connectivity index is 4.18. The first-order chi connectivity index (χ1) is 33.6. The van der Waals surface area contributed by atoms with Crippen LogP contribution in [0.4, 0.5) is 0 Å². The minimum absolute atomic E-state index is 0.153. The van der Waals surface area contributed by atoms with Crippen molar-refractivity contribution >= 4 is 11.9 Å². The molecule has 0 saturated carbocycles. The fourth-order valence-electron chi connectivity index (χ4n) is 9.60. The Labute approximate surface area is 426 Å². The summed E-state index contributed by atoms with van der Waals surface area (Å²) in [6.45, 7) is 7.82. The number of rotatable bonds is 59.